The van der Waals surface area contributed by atoms with Gasteiger partial charge in [-0.3, -0.25) is 0 Å². The van der Waals surface area contributed by atoms with E-state index < -0.39 is 0 Å². The molecule has 1 heterocycles. The SMILES string of the molecule is CCN1CC2CCC1C2C. The molecule has 0 spiro atoms. The van der Waals surface area contributed by atoms with Crippen LogP contribution >= 0.6 is 0 Å². The highest BCUT2D eigenvalue weighted by atomic mass is 15.2. The first-order valence-corrected chi connectivity index (χ1v) is 4.57. The standard InChI is InChI=1S/C9H17N/c1-3-10-6-8-4-5-9(10)7(8)2/h7-9H,3-6H2,1-2H3. The summed E-state index contributed by atoms with van der Waals surface area (Å²) in [5.74, 6) is 2.05. The fourth-order valence-corrected chi connectivity index (χ4v) is 2.80. The molecule has 1 saturated heterocycles. The lowest BCUT2D eigenvalue weighted by Crippen LogP contribution is -2.32. The molecule has 1 nitrogen and oxygen atoms in total. The molecular formula is C9H17N. The zero-order valence-corrected chi connectivity index (χ0v) is 7.01. The number of fused-ring (bicyclic) bond motifs is 2. The fraction of sp³-hybridized carbons (Fsp3) is 1.00. The molecule has 0 aromatic rings. The summed E-state index contributed by atoms with van der Waals surface area (Å²) < 4.78 is 0. The molecule has 1 saturated carbocycles. The van der Waals surface area contributed by atoms with Gasteiger partial charge in [0.05, 0.1) is 0 Å². The van der Waals surface area contributed by atoms with Gasteiger partial charge in [0.15, 0.2) is 0 Å². The summed E-state index contributed by atoms with van der Waals surface area (Å²) in [6.45, 7) is 7.37. The van der Waals surface area contributed by atoms with Crippen LogP contribution in [0.2, 0.25) is 0 Å². The third kappa shape index (κ3) is 0.731. The van der Waals surface area contributed by atoms with Gasteiger partial charge in [-0.2, -0.15) is 0 Å². The van der Waals surface area contributed by atoms with Gasteiger partial charge in [0.2, 0.25) is 0 Å². The molecule has 58 valence electrons. The van der Waals surface area contributed by atoms with Crippen molar-refractivity contribution >= 4 is 0 Å². The molecular weight excluding hydrogens is 122 g/mol. The van der Waals surface area contributed by atoms with Crippen LogP contribution in [-0.4, -0.2) is 24.0 Å². The zero-order chi connectivity index (χ0) is 7.14. The lowest BCUT2D eigenvalue weighted by Gasteiger charge is -2.25. The third-order valence-electron chi connectivity index (χ3n) is 3.53. The van der Waals surface area contributed by atoms with Crippen LogP contribution < -0.4 is 0 Å². The van der Waals surface area contributed by atoms with Gasteiger partial charge in [0.1, 0.15) is 0 Å². The number of hydrogen-bond donors (Lipinski definition) is 0. The van der Waals surface area contributed by atoms with Crippen LogP contribution in [0.15, 0.2) is 0 Å². The Morgan fingerprint density at radius 1 is 1.40 bits per heavy atom. The summed E-state index contributed by atoms with van der Waals surface area (Å²) in [6.07, 6.45) is 2.97. The van der Waals surface area contributed by atoms with E-state index in [1.54, 1.807) is 0 Å². The summed E-state index contributed by atoms with van der Waals surface area (Å²) in [4.78, 5) is 2.65. The molecule has 0 N–H and O–H groups in total. The van der Waals surface area contributed by atoms with Crippen LogP contribution in [0.3, 0.4) is 0 Å². The normalized spacial score (nSPS) is 46.8. The molecule has 2 rings (SSSR count). The molecule has 0 amide bonds. The van der Waals surface area contributed by atoms with Crippen molar-refractivity contribution in [2.45, 2.75) is 32.7 Å². The van der Waals surface area contributed by atoms with Crippen molar-refractivity contribution in [2.24, 2.45) is 11.8 Å². The first-order valence-electron chi connectivity index (χ1n) is 4.57. The summed E-state index contributed by atoms with van der Waals surface area (Å²) in [5, 5.41) is 0. The molecule has 2 bridgehead atoms. The van der Waals surface area contributed by atoms with Crippen molar-refractivity contribution in [3.63, 3.8) is 0 Å². The maximum atomic E-state index is 2.65. The molecule has 0 aromatic carbocycles. The van der Waals surface area contributed by atoms with Crippen LogP contribution in [0.1, 0.15) is 26.7 Å². The van der Waals surface area contributed by atoms with Gasteiger partial charge in [-0.25, -0.2) is 0 Å². The maximum Gasteiger partial charge on any atom is 0.0124 e. The predicted octanol–water partition coefficient (Wildman–Crippen LogP) is 1.74. The first-order chi connectivity index (χ1) is 4.83. The van der Waals surface area contributed by atoms with E-state index in [0.29, 0.717) is 0 Å². The Kier molecular flexibility index (Phi) is 1.48. The Balaban J connectivity index is 2.08. The number of hydrogen-bond acceptors (Lipinski definition) is 1. The van der Waals surface area contributed by atoms with Gasteiger partial charge in [-0.15, -0.1) is 0 Å². The van der Waals surface area contributed by atoms with Crippen molar-refractivity contribution in [1.82, 2.24) is 4.90 Å². The molecule has 0 aromatic heterocycles. The van der Waals surface area contributed by atoms with Crippen LogP contribution in [-0.2, 0) is 0 Å². The smallest absolute Gasteiger partial charge is 0.0124 e. The maximum absolute atomic E-state index is 2.65. The summed E-state index contributed by atoms with van der Waals surface area (Å²) in [6, 6.07) is 0.954. The van der Waals surface area contributed by atoms with Crippen LogP contribution in [0, 0.1) is 11.8 Å². The molecule has 1 aliphatic heterocycles. The first kappa shape index (κ1) is 6.66. The molecule has 0 radical (unpaired) electrons. The molecule has 10 heavy (non-hydrogen) atoms. The minimum atomic E-state index is 0.954. The molecule has 3 unspecified atom stereocenters. The third-order valence-corrected chi connectivity index (χ3v) is 3.53. The van der Waals surface area contributed by atoms with E-state index in [1.165, 1.54) is 25.9 Å². The van der Waals surface area contributed by atoms with E-state index in [9.17, 15) is 0 Å². The highest BCUT2D eigenvalue weighted by molar-refractivity contribution is 4.96. The van der Waals surface area contributed by atoms with Gasteiger partial charge in [0.25, 0.3) is 0 Å². The molecule has 3 atom stereocenters. The minimum absolute atomic E-state index is 0.954. The second-order valence-electron chi connectivity index (χ2n) is 3.85. The average Bonchev–Trinajstić information content (AvgIpc) is 2.46. The highest BCUT2D eigenvalue weighted by Gasteiger charge is 2.42. The van der Waals surface area contributed by atoms with Crippen molar-refractivity contribution in [3.8, 4) is 0 Å². The molecule has 1 aliphatic carbocycles. The lowest BCUT2D eigenvalue weighted by molar-refractivity contribution is 0.218. The molecule has 1 heteroatoms. The van der Waals surface area contributed by atoms with Crippen molar-refractivity contribution in [1.29, 1.82) is 0 Å². The average molecular weight is 139 g/mol. The lowest BCUT2D eigenvalue weighted by atomic mass is 10.0. The van der Waals surface area contributed by atoms with Crippen LogP contribution in [0.25, 0.3) is 0 Å². The van der Waals surface area contributed by atoms with Gasteiger partial charge < -0.3 is 4.90 Å². The van der Waals surface area contributed by atoms with Gasteiger partial charge >= 0.3 is 0 Å². The quantitative estimate of drug-likeness (QED) is 0.535. The second-order valence-corrected chi connectivity index (χ2v) is 3.85. The number of likely N-dealkylation sites (tertiary alicyclic amines) is 1. The van der Waals surface area contributed by atoms with E-state index in [1.807, 2.05) is 0 Å². The summed E-state index contributed by atoms with van der Waals surface area (Å²) >= 11 is 0. The Bertz CT molecular complexity index is 133. The Morgan fingerprint density at radius 2 is 2.20 bits per heavy atom. The van der Waals surface area contributed by atoms with E-state index in [4.69, 9.17) is 0 Å². The second kappa shape index (κ2) is 2.23. The highest BCUT2D eigenvalue weighted by Crippen LogP contribution is 2.41. The number of piperidine rings is 1. The Hall–Kier alpha value is -0.0400. The van der Waals surface area contributed by atoms with Crippen LogP contribution in [0.5, 0.6) is 0 Å². The molecule has 2 fully saturated rings. The van der Waals surface area contributed by atoms with E-state index in [0.717, 1.165) is 17.9 Å². The molecule has 2 aliphatic rings. The topological polar surface area (TPSA) is 3.24 Å². The largest absolute Gasteiger partial charge is 0.300 e. The van der Waals surface area contributed by atoms with Gasteiger partial charge in [-0.05, 0) is 31.2 Å². The number of nitrogens with zero attached hydrogens (tertiary/aromatic N) is 1. The van der Waals surface area contributed by atoms with Crippen LogP contribution in [0.4, 0.5) is 0 Å². The van der Waals surface area contributed by atoms with E-state index >= 15 is 0 Å². The monoisotopic (exact) mass is 139 g/mol. The van der Waals surface area contributed by atoms with Gasteiger partial charge in [-0.1, -0.05) is 13.8 Å². The Labute approximate surface area is 63.4 Å². The van der Waals surface area contributed by atoms with Crippen molar-refractivity contribution in [3.05, 3.63) is 0 Å². The van der Waals surface area contributed by atoms with Crippen molar-refractivity contribution in [2.75, 3.05) is 13.1 Å². The summed E-state index contributed by atoms with van der Waals surface area (Å²) in [5.41, 5.74) is 0. The van der Waals surface area contributed by atoms with E-state index in [-0.39, 0.29) is 0 Å². The number of rotatable bonds is 1. The van der Waals surface area contributed by atoms with Gasteiger partial charge in [0, 0.05) is 12.6 Å². The predicted molar refractivity (Wildman–Crippen MR) is 42.9 cm³/mol. The zero-order valence-electron chi connectivity index (χ0n) is 7.01. The summed E-state index contributed by atoms with van der Waals surface area (Å²) in [7, 11) is 0. The van der Waals surface area contributed by atoms with Crippen molar-refractivity contribution < 1.29 is 0 Å². The Morgan fingerprint density at radius 3 is 2.50 bits per heavy atom. The minimum Gasteiger partial charge on any atom is -0.300 e. The van der Waals surface area contributed by atoms with E-state index in [2.05, 4.69) is 18.7 Å². The fourth-order valence-electron chi connectivity index (χ4n) is 2.80.